The van der Waals surface area contributed by atoms with Crippen molar-refractivity contribution < 1.29 is 4.74 Å². The summed E-state index contributed by atoms with van der Waals surface area (Å²) in [6.45, 7) is 3.01. The van der Waals surface area contributed by atoms with Crippen molar-refractivity contribution in [1.82, 2.24) is 4.90 Å². The molecule has 0 spiro atoms. The van der Waals surface area contributed by atoms with E-state index in [1.165, 1.54) is 35.7 Å². The molecular formula is C18H22N2O. The van der Waals surface area contributed by atoms with Crippen molar-refractivity contribution in [2.75, 3.05) is 19.7 Å². The molecule has 2 aromatic rings. The Morgan fingerprint density at radius 1 is 1.14 bits per heavy atom. The molecule has 0 amide bonds. The van der Waals surface area contributed by atoms with Crippen LogP contribution in [0.3, 0.4) is 0 Å². The van der Waals surface area contributed by atoms with Crippen LogP contribution in [-0.2, 0) is 4.74 Å². The van der Waals surface area contributed by atoms with Crippen LogP contribution in [0.2, 0.25) is 0 Å². The average Bonchev–Trinajstić information content (AvgIpc) is 3.01. The van der Waals surface area contributed by atoms with Crippen molar-refractivity contribution in [1.29, 1.82) is 0 Å². The minimum absolute atomic E-state index is 0.0452. The molecule has 2 heterocycles. The minimum atomic E-state index is -0.0452. The molecule has 3 atom stereocenters. The van der Waals surface area contributed by atoms with Gasteiger partial charge in [-0.3, -0.25) is 4.90 Å². The Balaban J connectivity index is 1.56. The lowest BCUT2D eigenvalue weighted by Crippen LogP contribution is -2.49. The fourth-order valence-corrected chi connectivity index (χ4v) is 3.69. The van der Waals surface area contributed by atoms with E-state index in [2.05, 4.69) is 47.4 Å². The molecule has 0 radical (unpaired) electrons. The molecule has 0 bridgehead atoms. The van der Waals surface area contributed by atoms with Gasteiger partial charge in [0, 0.05) is 12.6 Å². The molecular weight excluding hydrogens is 260 g/mol. The maximum absolute atomic E-state index is 6.49. The van der Waals surface area contributed by atoms with E-state index in [1.54, 1.807) is 0 Å². The number of morpholine rings is 1. The summed E-state index contributed by atoms with van der Waals surface area (Å²) in [5.74, 6) is 0. The largest absolute Gasteiger partial charge is 0.373 e. The summed E-state index contributed by atoms with van der Waals surface area (Å²) in [6, 6.07) is 15.5. The van der Waals surface area contributed by atoms with Crippen LogP contribution < -0.4 is 5.73 Å². The van der Waals surface area contributed by atoms with Crippen LogP contribution in [0.15, 0.2) is 42.5 Å². The molecule has 2 N–H and O–H groups in total. The summed E-state index contributed by atoms with van der Waals surface area (Å²) in [5.41, 5.74) is 7.67. The van der Waals surface area contributed by atoms with E-state index in [-0.39, 0.29) is 12.1 Å². The van der Waals surface area contributed by atoms with E-state index in [0.29, 0.717) is 6.04 Å². The molecule has 2 aromatic carbocycles. The first-order chi connectivity index (χ1) is 10.3. The second-order valence-corrected chi connectivity index (χ2v) is 6.30. The van der Waals surface area contributed by atoms with Gasteiger partial charge in [0.1, 0.15) is 0 Å². The van der Waals surface area contributed by atoms with E-state index in [0.717, 1.165) is 13.2 Å². The van der Waals surface area contributed by atoms with Crippen LogP contribution in [0, 0.1) is 0 Å². The Morgan fingerprint density at radius 2 is 2.00 bits per heavy atom. The molecule has 2 aliphatic heterocycles. The molecule has 2 fully saturated rings. The fourth-order valence-electron chi connectivity index (χ4n) is 3.69. The van der Waals surface area contributed by atoms with Crippen molar-refractivity contribution in [2.45, 2.75) is 31.0 Å². The molecule has 0 aliphatic carbocycles. The van der Waals surface area contributed by atoms with Gasteiger partial charge in [0.05, 0.1) is 18.8 Å². The van der Waals surface area contributed by atoms with Gasteiger partial charge in [0.25, 0.3) is 0 Å². The average molecular weight is 282 g/mol. The standard InChI is InChI=1S/C18H22N2O/c19-18(17-11-20-9-3-6-16(20)12-21-17)15-8-7-13-4-1-2-5-14(13)10-15/h1-2,4-5,7-8,10,16-18H,3,6,9,11-12,19H2. The zero-order valence-electron chi connectivity index (χ0n) is 12.2. The topological polar surface area (TPSA) is 38.5 Å². The third-order valence-electron chi connectivity index (χ3n) is 4.98. The van der Waals surface area contributed by atoms with Crippen molar-refractivity contribution in [3.05, 3.63) is 48.0 Å². The minimum Gasteiger partial charge on any atom is -0.373 e. The number of rotatable bonds is 2. The van der Waals surface area contributed by atoms with Gasteiger partial charge in [0.2, 0.25) is 0 Å². The number of benzene rings is 2. The molecule has 21 heavy (non-hydrogen) atoms. The zero-order valence-corrected chi connectivity index (χ0v) is 12.2. The van der Waals surface area contributed by atoms with Gasteiger partial charge in [-0.2, -0.15) is 0 Å². The maximum atomic E-state index is 6.49. The number of fused-ring (bicyclic) bond motifs is 2. The van der Waals surface area contributed by atoms with E-state index in [4.69, 9.17) is 10.5 Å². The normalized spacial score (nSPS) is 27.7. The highest BCUT2D eigenvalue weighted by molar-refractivity contribution is 5.83. The van der Waals surface area contributed by atoms with Crippen LogP contribution in [0.25, 0.3) is 10.8 Å². The van der Waals surface area contributed by atoms with Gasteiger partial charge in [-0.05, 0) is 41.8 Å². The van der Waals surface area contributed by atoms with Gasteiger partial charge in [0.15, 0.2) is 0 Å². The van der Waals surface area contributed by atoms with E-state index < -0.39 is 0 Å². The first kappa shape index (κ1) is 13.3. The van der Waals surface area contributed by atoms with Crippen LogP contribution in [-0.4, -0.2) is 36.7 Å². The van der Waals surface area contributed by atoms with Crippen LogP contribution >= 0.6 is 0 Å². The van der Waals surface area contributed by atoms with Crippen LogP contribution in [0.1, 0.15) is 24.4 Å². The zero-order chi connectivity index (χ0) is 14.2. The highest BCUT2D eigenvalue weighted by Crippen LogP contribution is 2.28. The first-order valence-corrected chi connectivity index (χ1v) is 7.91. The van der Waals surface area contributed by atoms with Crippen molar-refractivity contribution in [2.24, 2.45) is 5.73 Å². The quantitative estimate of drug-likeness (QED) is 0.920. The Kier molecular flexibility index (Phi) is 3.42. The van der Waals surface area contributed by atoms with Gasteiger partial charge in [-0.1, -0.05) is 36.4 Å². The molecule has 110 valence electrons. The number of nitrogens with two attached hydrogens (primary N) is 1. The van der Waals surface area contributed by atoms with Crippen molar-refractivity contribution in [3.63, 3.8) is 0 Å². The summed E-state index contributed by atoms with van der Waals surface area (Å²) in [5, 5.41) is 2.51. The van der Waals surface area contributed by atoms with Crippen molar-refractivity contribution >= 4 is 10.8 Å². The first-order valence-electron chi connectivity index (χ1n) is 7.91. The Morgan fingerprint density at radius 3 is 2.90 bits per heavy atom. The van der Waals surface area contributed by atoms with Gasteiger partial charge < -0.3 is 10.5 Å². The highest BCUT2D eigenvalue weighted by Gasteiger charge is 2.35. The molecule has 0 aromatic heterocycles. The summed E-state index contributed by atoms with van der Waals surface area (Å²) in [4.78, 5) is 2.55. The fraction of sp³-hybridized carbons (Fsp3) is 0.444. The predicted molar refractivity (Wildman–Crippen MR) is 85.2 cm³/mol. The summed E-state index contributed by atoms with van der Waals surface area (Å²) in [7, 11) is 0. The molecule has 0 saturated carbocycles. The number of nitrogens with zero attached hydrogens (tertiary/aromatic N) is 1. The van der Waals surface area contributed by atoms with Gasteiger partial charge in [-0.25, -0.2) is 0 Å². The molecule has 3 nitrogen and oxygen atoms in total. The molecule has 3 unspecified atom stereocenters. The second kappa shape index (κ2) is 5.41. The van der Waals surface area contributed by atoms with E-state index in [1.807, 2.05) is 0 Å². The highest BCUT2D eigenvalue weighted by atomic mass is 16.5. The lowest BCUT2D eigenvalue weighted by molar-refractivity contribution is -0.0596. The van der Waals surface area contributed by atoms with E-state index in [9.17, 15) is 0 Å². The second-order valence-electron chi connectivity index (χ2n) is 6.30. The lowest BCUT2D eigenvalue weighted by atomic mass is 9.97. The number of hydrogen-bond donors (Lipinski definition) is 1. The lowest BCUT2D eigenvalue weighted by Gasteiger charge is -2.37. The molecule has 3 heteroatoms. The molecule has 2 saturated heterocycles. The van der Waals surface area contributed by atoms with Crippen LogP contribution in [0.4, 0.5) is 0 Å². The van der Waals surface area contributed by atoms with Crippen LogP contribution in [0.5, 0.6) is 0 Å². The smallest absolute Gasteiger partial charge is 0.0895 e. The van der Waals surface area contributed by atoms with Crippen molar-refractivity contribution in [3.8, 4) is 0 Å². The Hall–Kier alpha value is -1.42. The summed E-state index contributed by atoms with van der Waals surface area (Å²) < 4.78 is 6.05. The molecule has 4 rings (SSSR count). The molecule has 2 aliphatic rings. The number of hydrogen-bond acceptors (Lipinski definition) is 3. The third-order valence-corrected chi connectivity index (χ3v) is 4.98. The number of ether oxygens (including phenoxy) is 1. The van der Waals surface area contributed by atoms with E-state index >= 15 is 0 Å². The predicted octanol–water partition coefficient (Wildman–Crippen LogP) is 2.70. The Labute approximate surface area is 125 Å². The monoisotopic (exact) mass is 282 g/mol. The van der Waals surface area contributed by atoms with Gasteiger partial charge in [-0.15, -0.1) is 0 Å². The maximum Gasteiger partial charge on any atom is 0.0895 e. The summed E-state index contributed by atoms with van der Waals surface area (Å²) in [6.07, 6.45) is 2.68. The summed E-state index contributed by atoms with van der Waals surface area (Å²) >= 11 is 0. The van der Waals surface area contributed by atoms with Gasteiger partial charge >= 0.3 is 0 Å². The SMILES string of the molecule is NC(c1ccc2ccccc2c1)C1CN2CCCC2CO1. The third kappa shape index (κ3) is 2.46. The Bertz CT molecular complexity index is 642.